The van der Waals surface area contributed by atoms with Crippen LogP contribution in [0.3, 0.4) is 0 Å². The molecule has 0 aromatic carbocycles. The smallest absolute Gasteiger partial charge is 0.143 e. The number of aryl methyl sites for hydroxylation is 1. The summed E-state index contributed by atoms with van der Waals surface area (Å²) < 4.78 is 6.82. The molecule has 2 heterocycles. The summed E-state index contributed by atoms with van der Waals surface area (Å²) in [4.78, 5) is 6.74. The molecule has 0 spiro atoms. The van der Waals surface area contributed by atoms with Gasteiger partial charge in [0.2, 0.25) is 0 Å². The zero-order valence-corrected chi connectivity index (χ0v) is 11.5. The van der Waals surface area contributed by atoms with Gasteiger partial charge >= 0.3 is 0 Å². The average Bonchev–Trinajstić information content (AvgIpc) is 2.20. The van der Waals surface area contributed by atoms with Crippen molar-refractivity contribution < 1.29 is 4.74 Å². The second kappa shape index (κ2) is 4.72. The van der Waals surface area contributed by atoms with Crippen LogP contribution in [0.4, 0.5) is 5.82 Å². The minimum absolute atomic E-state index is 0.262. The highest BCUT2D eigenvalue weighted by Crippen LogP contribution is 2.28. The van der Waals surface area contributed by atoms with Gasteiger partial charge < -0.3 is 9.64 Å². The van der Waals surface area contributed by atoms with E-state index in [-0.39, 0.29) is 12.2 Å². The molecule has 4 heteroatoms. The number of nitrogens with zero attached hydrogens (tertiary/aromatic N) is 2. The van der Waals surface area contributed by atoms with E-state index in [1.165, 1.54) is 5.56 Å². The van der Waals surface area contributed by atoms with Crippen molar-refractivity contribution in [2.75, 3.05) is 18.0 Å². The summed E-state index contributed by atoms with van der Waals surface area (Å²) in [5.41, 5.74) is 1.22. The zero-order chi connectivity index (χ0) is 11.7. The van der Waals surface area contributed by atoms with Crippen LogP contribution in [0.25, 0.3) is 0 Å². The molecule has 1 aliphatic heterocycles. The number of pyridine rings is 1. The lowest BCUT2D eigenvalue weighted by Gasteiger charge is -2.36. The van der Waals surface area contributed by atoms with Gasteiger partial charge in [0.1, 0.15) is 5.82 Å². The van der Waals surface area contributed by atoms with Crippen molar-refractivity contribution in [3.05, 3.63) is 22.3 Å². The first-order valence-electron chi connectivity index (χ1n) is 5.59. The number of hydrogen-bond acceptors (Lipinski definition) is 3. The van der Waals surface area contributed by atoms with Crippen molar-refractivity contribution >= 4 is 21.7 Å². The van der Waals surface area contributed by atoms with Crippen molar-refractivity contribution in [3.8, 4) is 0 Å². The third-order valence-electron chi connectivity index (χ3n) is 2.78. The molecule has 0 amide bonds. The SMILES string of the molecule is Cc1ccnc(N2CC(C)OC(C)C2)c1Br. The van der Waals surface area contributed by atoms with E-state index in [0.717, 1.165) is 23.4 Å². The summed E-state index contributed by atoms with van der Waals surface area (Å²) in [6.45, 7) is 8.10. The quantitative estimate of drug-likeness (QED) is 0.793. The maximum Gasteiger partial charge on any atom is 0.143 e. The standard InChI is InChI=1S/C12H17BrN2O/c1-8-4-5-14-12(11(8)13)15-6-9(2)16-10(3)7-15/h4-5,9-10H,6-7H2,1-3H3. The lowest BCUT2D eigenvalue weighted by Crippen LogP contribution is -2.46. The fraction of sp³-hybridized carbons (Fsp3) is 0.583. The van der Waals surface area contributed by atoms with Crippen LogP contribution < -0.4 is 4.90 Å². The molecule has 2 atom stereocenters. The van der Waals surface area contributed by atoms with Gasteiger partial charge in [0.25, 0.3) is 0 Å². The van der Waals surface area contributed by atoms with Gasteiger partial charge in [-0.1, -0.05) is 0 Å². The van der Waals surface area contributed by atoms with Crippen LogP contribution >= 0.6 is 15.9 Å². The zero-order valence-electron chi connectivity index (χ0n) is 9.90. The fourth-order valence-corrected chi connectivity index (χ4v) is 2.58. The Labute approximate surface area is 105 Å². The van der Waals surface area contributed by atoms with Crippen LogP contribution in [0.2, 0.25) is 0 Å². The molecule has 1 aromatic rings. The molecule has 0 N–H and O–H groups in total. The van der Waals surface area contributed by atoms with E-state index in [0.29, 0.717) is 0 Å². The maximum atomic E-state index is 5.72. The molecular weight excluding hydrogens is 268 g/mol. The topological polar surface area (TPSA) is 25.4 Å². The molecule has 1 aromatic heterocycles. The molecule has 88 valence electrons. The molecular formula is C12H17BrN2O. The summed E-state index contributed by atoms with van der Waals surface area (Å²) in [5, 5.41) is 0. The van der Waals surface area contributed by atoms with Gasteiger partial charge in [-0.2, -0.15) is 0 Å². The van der Waals surface area contributed by atoms with E-state index < -0.39 is 0 Å². The Bertz CT molecular complexity index is 373. The van der Waals surface area contributed by atoms with E-state index in [1.807, 2.05) is 12.3 Å². The largest absolute Gasteiger partial charge is 0.372 e. The predicted molar refractivity (Wildman–Crippen MR) is 68.9 cm³/mol. The lowest BCUT2D eigenvalue weighted by molar-refractivity contribution is -0.00550. The molecule has 2 rings (SSSR count). The van der Waals surface area contributed by atoms with E-state index in [1.54, 1.807) is 0 Å². The Balaban J connectivity index is 2.26. The summed E-state index contributed by atoms with van der Waals surface area (Å²) in [6.07, 6.45) is 2.39. The molecule has 1 fully saturated rings. The Kier molecular flexibility index (Phi) is 3.50. The van der Waals surface area contributed by atoms with Crippen molar-refractivity contribution in [2.45, 2.75) is 33.0 Å². The summed E-state index contributed by atoms with van der Waals surface area (Å²) >= 11 is 3.61. The third-order valence-corrected chi connectivity index (χ3v) is 3.76. The van der Waals surface area contributed by atoms with Crippen LogP contribution in [0, 0.1) is 6.92 Å². The Morgan fingerprint density at radius 2 is 2.00 bits per heavy atom. The first-order valence-corrected chi connectivity index (χ1v) is 6.38. The highest BCUT2D eigenvalue weighted by atomic mass is 79.9. The normalized spacial score (nSPS) is 25.9. The summed E-state index contributed by atoms with van der Waals surface area (Å²) in [5.74, 6) is 1.03. The molecule has 1 saturated heterocycles. The van der Waals surface area contributed by atoms with Crippen molar-refractivity contribution in [2.24, 2.45) is 0 Å². The lowest BCUT2D eigenvalue weighted by atomic mass is 10.2. The first-order chi connectivity index (χ1) is 7.58. The molecule has 1 aliphatic rings. The van der Waals surface area contributed by atoms with E-state index >= 15 is 0 Å². The van der Waals surface area contributed by atoms with Gasteiger partial charge in [0, 0.05) is 19.3 Å². The Hall–Kier alpha value is -0.610. The van der Waals surface area contributed by atoms with Gasteiger partial charge in [-0.15, -0.1) is 0 Å². The van der Waals surface area contributed by atoms with Crippen LogP contribution in [0.1, 0.15) is 19.4 Å². The van der Waals surface area contributed by atoms with Gasteiger partial charge in [-0.25, -0.2) is 4.98 Å². The molecule has 0 aliphatic carbocycles. The highest BCUT2D eigenvalue weighted by Gasteiger charge is 2.24. The average molecular weight is 285 g/mol. The second-order valence-electron chi connectivity index (χ2n) is 4.43. The highest BCUT2D eigenvalue weighted by molar-refractivity contribution is 9.10. The number of rotatable bonds is 1. The number of aromatic nitrogens is 1. The minimum atomic E-state index is 0.262. The molecule has 2 unspecified atom stereocenters. The minimum Gasteiger partial charge on any atom is -0.372 e. The second-order valence-corrected chi connectivity index (χ2v) is 5.22. The predicted octanol–water partition coefficient (Wildman–Crippen LogP) is 2.77. The van der Waals surface area contributed by atoms with Crippen molar-refractivity contribution in [1.82, 2.24) is 4.98 Å². The van der Waals surface area contributed by atoms with Gasteiger partial charge in [-0.05, 0) is 48.3 Å². The van der Waals surface area contributed by atoms with Crippen LogP contribution in [0.5, 0.6) is 0 Å². The number of halogens is 1. The summed E-state index contributed by atoms with van der Waals surface area (Å²) in [6, 6.07) is 2.01. The van der Waals surface area contributed by atoms with Gasteiger partial charge in [0.15, 0.2) is 0 Å². The van der Waals surface area contributed by atoms with Crippen LogP contribution in [0.15, 0.2) is 16.7 Å². The molecule has 0 bridgehead atoms. The monoisotopic (exact) mass is 284 g/mol. The Morgan fingerprint density at radius 3 is 2.62 bits per heavy atom. The number of hydrogen-bond donors (Lipinski definition) is 0. The Morgan fingerprint density at radius 1 is 1.38 bits per heavy atom. The molecule has 16 heavy (non-hydrogen) atoms. The first kappa shape index (κ1) is 11.9. The van der Waals surface area contributed by atoms with E-state index in [4.69, 9.17) is 4.74 Å². The van der Waals surface area contributed by atoms with Gasteiger partial charge in [-0.3, -0.25) is 0 Å². The van der Waals surface area contributed by atoms with E-state index in [2.05, 4.69) is 46.6 Å². The van der Waals surface area contributed by atoms with Crippen molar-refractivity contribution in [3.63, 3.8) is 0 Å². The van der Waals surface area contributed by atoms with E-state index in [9.17, 15) is 0 Å². The molecule has 3 nitrogen and oxygen atoms in total. The molecule has 0 radical (unpaired) electrons. The van der Waals surface area contributed by atoms with Crippen LogP contribution in [-0.2, 0) is 4.74 Å². The fourth-order valence-electron chi connectivity index (χ4n) is 2.10. The summed E-state index contributed by atoms with van der Waals surface area (Å²) in [7, 11) is 0. The maximum absolute atomic E-state index is 5.72. The number of ether oxygens (including phenoxy) is 1. The molecule has 0 saturated carbocycles. The number of morpholine rings is 1. The van der Waals surface area contributed by atoms with Gasteiger partial charge in [0.05, 0.1) is 16.7 Å². The van der Waals surface area contributed by atoms with Crippen molar-refractivity contribution in [1.29, 1.82) is 0 Å². The number of anilines is 1. The van der Waals surface area contributed by atoms with Crippen LogP contribution in [-0.4, -0.2) is 30.3 Å². The third kappa shape index (κ3) is 2.38.